The van der Waals surface area contributed by atoms with Crippen molar-refractivity contribution in [1.82, 2.24) is 9.55 Å². The highest BCUT2D eigenvalue weighted by Gasteiger charge is 2.11. The summed E-state index contributed by atoms with van der Waals surface area (Å²) >= 11 is 0. The molecule has 0 fully saturated rings. The number of ketones is 1. The Morgan fingerprint density at radius 1 is 1.05 bits per heavy atom. The minimum Gasteiger partial charge on any atom is -0.320 e. The van der Waals surface area contributed by atoms with Gasteiger partial charge in [0.25, 0.3) is 0 Å². The van der Waals surface area contributed by atoms with Gasteiger partial charge in [-0.15, -0.1) is 17.0 Å². The van der Waals surface area contributed by atoms with Crippen molar-refractivity contribution in [2.24, 2.45) is 0 Å². The lowest BCUT2D eigenvalue weighted by Crippen LogP contribution is -2.11. The zero-order valence-corrected chi connectivity index (χ0v) is 12.8. The van der Waals surface area contributed by atoms with Crippen LogP contribution in [0, 0.1) is 6.92 Å². The number of hydrogen-bond donors (Lipinski definition) is 0. The molecule has 0 saturated carbocycles. The Hall–Kier alpha value is -1.94. The zero-order chi connectivity index (χ0) is 13.2. The second-order valence-corrected chi connectivity index (χ2v) is 4.52. The van der Waals surface area contributed by atoms with Gasteiger partial charge in [-0.05, 0) is 19.1 Å². The SMILES string of the molecule is Br.Cc1nc2ccccc2n1CC(=O)c1ccccc1. The van der Waals surface area contributed by atoms with E-state index in [2.05, 4.69) is 4.98 Å². The largest absolute Gasteiger partial charge is 0.320 e. The molecule has 3 aromatic rings. The predicted octanol–water partition coefficient (Wildman–Crippen LogP) is 3.81. The fourth-order valence-electron chi connectivity index (χ4n) is 2.25. The van der Waals surface area contributed by atoms with Gasteiger partial charge in [0.05, 0.1) is 17.6 Å². The zero-order valence-electron chi connectivity index (χ0n) is 11.1. The Kier molecular flexibility index (Phi) is 4.35. The second-order valence-electron chi connectivity index (χ2n) is 4.52. The summed E-state index contributed by atoms with van der Waals surface area (Å²) in [5.41, 5.74) is 2.67. The quantitative estimate of drug-likeness (QED) is 0.684. The van der Waals surface area contributed by atoms with Gasteiger partial charge < -0.3 is 4.57 Å². The van der Waals surface area contributed by atoms with Crippen molar-refractivity contribution in [3.05, 3.63) is 66.0 Å². The first-order valence-corrected chi connectivity index (χ1v) is 6.26. The second kappa shape index (κ2) is 6.01. The van der Waals surface area contributed by atoms with Crippen LogP contribution in [0.2, 0.25) is 0 Å². The maximum Gasteiger partial charge on any atom is 0.182 e. The molecule has 0 radical (unpaired) electrons. The minimum absolute atomic E-state index is 0. The number of rotatable bonds is 3. The molecule has 102 valence electrons. The van der Waals surface area contributed by atoms with Gasteiger partial charge in [-0.3, -0.25) is 4.79 Å². The number of carbonyl (C=O) groups is 1. The molecule has 1 aromatic heterocycles. The van der Waals surface area contributed by atoms with Crippen LogP contribution in [0.3, 0.4) is 0 Å². The van der Waals surface area contributed by atoms with Crippen LogP contribution < -0.4 is 0 Å². The fourth-order valence-corrected chi connectivity index (χ4v) is 2.25. The van der Waals surface area contributed by atoms with Gasteiger partial charge in [-0.1, -0.05) is 42.5 Å². The summed E-state index contributed by atoms with van der Waals surface area (Å²) < 4.78 is 1.96. The summed E-state index contributed by atoms with van der Waals surface area (Å²) in [5.74, 6) is 0.970. The van der Waals surface area contributed by atoms with Crippen molar-refractivity contribution in [3.63, 3.8) is 0 Å². The van der Waals surface area contributed by atoms with Gasteiger partial charge in [0, 0.05) is 5.56 Å². The van der Waals surface area contributed by atoms with E-state index in [1.54, 1.807) is 0 Å². The van der Waals surface area contributed by atoms with Crippen LogP contribution in [0.15, 0.2) is 54.6 Å². The molecule has 1 heterocycles. The Morgan fingerprint density at radius 2 is 1.70 bits per heavy atom. The van der Waals surface area contributed by atoms with Crippen molar-refractivity contribution in [1.29, 1.82) is 0 Å². The fraction of sp³-hybridized carbons (Fsp3) is 0.125. The van der Waals surface area contributed by atoms with Crippen molar-refractivity contribution in [3.8, 4) is 0 Å². The highest BCUT2D eigenvalue weighted by molar-refractivity contribution is 8.93. The number of para-hydroxylation sites is 2. The van der Waals surface area contributed by atoms with Crippen LogP contribution in [-0.2, 0) is 6.54 Å². The van der Waals surface area contributed by atoms with Crippen molar-refractivity contribution < 1.29 is 4.79 Å². The molecule has 3 rings (SSSR count). The number of aryl methyl sites for hydroxylation is 1. The molecule has 2 aromatic carbocycles. The van der Waals surface area contributed by atoms with Crippen LogP contribution in [0.4, 0.5) is 0 Å². The third-order valence-electron chi connectivity index (χ3n) is 3.24. The standard InChI is InChI=1S/C16H14N2O.BrH/c1-12-17-14-9-5-6-10-15(14)18(12)11-16(19)13-7-3-2-4-8-13;/h2-10H,11H2,1H3;1H. The van der Waals surface area contributed by atoms with Crippen molar-refractivity contribution >= 4 is 33.8 Å². The Morgan fingerprint density at radius 3 is 2.45 bits per heavy atom. The molecule has 0 atom stereocenters. The summed E-state index contributed by atoms with van der Waals surface area (Å²) in [4.78, 5) is 16.7. The Labute approximate surface area is 128 Å². The summed E-state index contributed by atoms with van der Waals surface area (Å²) in [6, 6.07) is 17.2. The number of carbonyl (C=O) groups excluding carboxylic acids is 1. The monoisotopic (exact) mass is 330 g/mol. The highest BCUT2D eigenvalue weighted by atomic mass is 79.9. The molecule has 0 N–H and O–H groups in total. The summed E-state index contributed by atoms with van der Waals surface area (Å²) in [6.07, 6.45) is 0. The van der Waals surface area contributed by atoms with Crippen molar-refractivity contribution in [2.75, 3.05) is 0 Å². The summed E-state index contributed by atoms with van der Waals surface area (Å²) in [5, 5.41) is 0. The van der Waals surface area contributed by atoms with Gasteiger partial charge in [-0.25, -0.2) is 4.98 Å². The van der Waals surface area contributed by atoms with Crippen LogP contribution in [-0.4, -0.2) is 15.3 Å². The van der Waals surface area contributed by atoms with Crippen molar-refractivity contribution in [2.45, 2.75) is 13.5 Å². The summed E-state index contributed by atoms with van der Waals surface area (Å²) in [7, 11) is 0. The van der Waals surface area contributed by atoms with E-state index in [0.29, 0.717) is 6.54 Å². The first-order chi connectivity index (χ1) is 9.25. The van der Waals surface area contributed by atoms with Gasteiger partial charge in [0.15, 0.2) is 5.78 Å². The van der Waals surface area contributed by atoms with E-state index >= 15 is 0 Å². The van der Waals surface area contributed by atoms with E-state index in [9.17, 15) is 4.79 Å². The molecule has 0 unspecified atom stereocenters. The maximum atomic E-state index is 12.3. The molecule has 20 heavy (non-hydrogen) atoms. The van der Waals surface area contributed by atoms with E-state index in [1.807, 2.05) is 66.1 Å². The lowest BCUT2D eigenvalue weighted by Gasteiger charge is -2.06. The molecule has 3 nitrogen and oxygen atoms in total. The molecular weight excluding hydrogens is 316 g/mol. The number of imidazole rings is 1. The lowest BCUT2D eigenvalue weighted by atomic mass is 10.1. The molecular formula is C16H15BrN2O. The minimum atomic E-state index is 0. The molecule has 0 aliphatic rings. The molecule has 0 aliphatic heterocycles. The van der Waals surface area contributed by atoms with Gasteiger partial charge in [0.1, 0.15) is 5.82 Å². The number of halogens is 1. The summed E-state index contributed by atoms with van der Waals surface area (Å²) in [6.45, 7) is 2.26. The number of Topliss-reactive ketones (excluding diaryl/α,β-unsaturated/α-hetero) is 1. The van der Waals surface area contributed by atoms with E-state index in [-0.39, 0.29) is 22.8 Å². The topological polar surface area (TPSA) is 34.9 Å². The molecule has 0 bridgehead atoms. The normalized spacial score (nSPS) is 10.2. The third-order valence-corrected chi connectivity index (χ3v) is 3.24. The number of hydrogen-bond acceptors (Lipinski definition) is 2. The van der Waals surface area contributed by atoms with E-state index in [0.717, 1.165) is 22.4 Å². The number of aromatic nitrogens is 2. The Bertz CT molecular complexity index is 735. The Balaban J connectivity index is 0.00000147. The third kappa shape index (κ3) is 2.65. The van der Waals surface area contributed by atoms with E-state index < -0.39 is 0 Å². The average Bonchev–Trinajstić information content (AvgIpc) is 2.76. The van der Waals surface area contributed by atoms with Crippen LogP contribution in [0.1, 0.15) is 16.2 Å². The number of benzene rings is 2. The molecule has 0 saturated heterocycles. The van der Waals surface area contributed by atoms with Crippen LogP contribution in [0.25, 0.3) is 11.0 Å². The van der Waals surface area contributed by atoms with E-state index in [1.165, 1.54) is 0 Å². The van der Waals surface area contributed by atoms with Gasteiger partial charge in [0.2, 0.25) is 0 Å². The maximum absolute atomic E-state index is 12.3. The first kappa shape index (κ1) is 14.5. The van der Waals surface area contributed by atoms with Gasteiger partial charge >= 0.3 is 0 Å². The van der Waals surface area contributed by atoms with E-state index in [4.69, 9.17) is 0 Å². The predicted molar refractivity (Wildman–Crippen MR) is 85.6 cm³/mol. The number of nitrogens with zero attached hydrogens (tertiary/aromatic N) is 2. The smallest absolute Gasteiger partial charge is 0.182 e. The highest BCUT2D eigenvalue weighted by Crippen LogP contribution is 2.16. The van der Waals surface area contributed by atoms with Crippen LogP contribution >= 0.6 is 17.0 Å². The molecule has 4 heteroatoms. The lowest BCUT2D eigenvalue weighted by molar-refractivity contribution is 0.0972. The molecule has 0 spiro atoms. The molecule has 0 amide bonds. The van der Waals surface area contributed by atoms with Crippen LogP contribution in [0.5, 0.6) is 0 Å². The first-order valence-electron chi connectivity index (χ1n) is 6.26. The number of fused-ring (bicyclic) bond motifs is 1. The molecule has 0 aliphatic carbocycles. The van der Waals surface area contributed by atoms with Gasteiger partial charge in [-0.2, -0.15) is 0 Å². The average molecular weight is 331 g/mol.